The Balaban J connectivity index is 1.79. The normalized spacial score (nSPS) is 18.0. The lowest BCUT2D eigenvalue weighted by Crippen LogP contribution is -2.47. The topological polar surface area (TPSA) is 26.2 Å². The van der Waals surface area contributed by atoms with Gasteiger partial charge in [-0.25, -0.2) is 0 Å². The zero-order valence-corrected chi connectivity index (χ0v) is 11.0. The van der Waals surface area contributed by atoms with Crippen molar-refractivity contribution in [3.05, 3.63) is 24.0 Å². The van der Waals surface area contributed by atoms with Crippen LogP contribution in [0.4, 0.5) is 0 Å². The maximum Gasteiger partial charge on any atom is 0.0802 e. The molecule has 0 amide bonds. The first-order valence-corrected chi connectivity index (χ1v) is 6.69. The number of nitrogens with one attached hydrogen (secondary N) is 1. The van der Waals surface area contributed by atoms with E-state index in [0.29, 0.717) is 0 Å². The van der Waals surface area contributed by atoms with E-state index in [4.69, 9.17) is 4.74 Å². The SMILES string of the molecule is CCCn1cccc1CNCC1(OC)CCC1. The van der Waals surface area contributed by atoms with Gasteiger partial charge in [0.1, 0.15) is 0 Å². The van der Waals surface area contributed by atoms with Crippen LogP contribution < -0.4 is 5.32 Å². The molecule has 96 valence electrons. The number of methoxy groups -OCH3 is 1. The minimum Gasteiger partial charge on any atom is -0.377 e. The lowest BCUT2D eigenvalue weighted by Gasteiger charge is -2.40. The summed E-state index contributed by atoms with van der Waals surface area (Å²) in [6.45, 7) is 5.24. The molecule has 0 saturated heterocycles. The van der Waals surface area contributed by atoms with Gasteiger partial charge >= 0.3 is 0 Å². The van der Waals surface area contributed by atoms with Crippen LogP contribution in [0.5, 0.6) is 0 Å². The standard InChI is InChI=1S/C14H24N2O/c1-3-9-16-10-4-6-13(16)11-15-12-14(17-2)7-5-8-14/h4,6,10,15H,3,5,7-9,11-12H2,1-2H3. The number of rotatable bonds is 7. The van der Waals surface area contributed by atoms with Gasteiger partial charge in [-0.15, -0.1) is 0 Å². The van der Waals surface area contributed by atoms with E-state index >= 15 is 0 Å². The zero-order chi connectivity index (χ0) is 12.1. The van der Waals surface area contributed by atoms with E-state index in [1.165, 1.54) is 31.4 Å². The summed E-state index contributed by atoms with van der Waals surface area (Å²) < 4.78 is 7.93. The molecule has 0 radical (unpaired) electrons. The number of aromatic nitrogens is 1. The lowest BCUT2D eigenvalue weighted by atomic mass is 9.80. The highest BCUT2D eigenvalue weighted by Crippen LogP contribution is 2.34. The molecule has 1 heterocycles. The van der Waals surface area contributed by atoms with Crippen LogP contribution in [0.25, 0.3) is 0 Å². The van der Waals surface area contributed by atoms with Gasteiger partial charge in [-0.2, -0.15) is 0 Å². The summed E-state index contributed by atoms with van der Waals surface area (Å²) >= 11 is 0. The molecule has 0 atom stereocenters. The van der Waals surface area contributed by atoms with Gasteiger partial charge in [0.2, 0.25) is 0 Å². The molecule has 1 aliphatic carbocycles. The quantitative estimate of drug-likeness (QED) is 0.787. The molecule has 1 N–H and O–H groups in total. The Morgan fingerprint density at radius 3 is 2.88 bits per heavy atom. The predicted octanol–water partition coefficient (Wildman–Crippen LogP) is 2.56. The molecule has 3 heteroatoms. The van der Waals surface area contributed by atoms with Crippen LogP contribution in [0, 0.1) is 0 Å². The summed E-state index contributed by atoms with van der Waals surface area (Å²) in [6.07, 6.45) is 7.06. The molecule has 0 unspecified atom stereocenters. The van der Waals surface area contributed by atoms with Gasteiger partial charge < -0.3 is 14.6 Å². The number of nitrogens with zero attached hydrogens (tertiary/aromatic N) is 1. The van der Waals surface area contributed by atoms with Crippen LogP contribution in [0.2, 0.25) is 0 Å². The fraction of sp³-hybridized carbons (Fsp3) is 0.714. The first-order valence-electron chi connectivity index (χ1n) is 6.69. The van der Waals surface area contributed by atoms with Gasteiger partial charge in [0.15, 0.2) is 0 Å². The number of hydrogen-bond acceptors (Lipinski definition) is 2. The Morgan fingerprint density at radius 1 is 1.47 bits per heavy atom. The van der Waals surface area contributed by atoms with Crippen LogP contribution in [0.3, 0.4) is 0 Å². The highest BCUT2D eigenvalue weighted by molar-refractivity contribution is 5.07. The van der Waals surface area contributed by atoms with Crippen molar-refractivity contribution < 1.29 is 4.74 Å². The second-order valence-electron chi connectivity index (χ2n) is 5.04. The van der Waals surface area contributed by atoms with Crippen LogP contribution in [0.15, 0.2) is 18.3 Å². The van der Waals surface area contributed by atoms with Crippen molar-refractivity contribution in [1.82, 2.24) is 9.88 Å². The average molecular weight is 236 g/mol. The Hall–Kier alpha value is -0.800. The Labute approximate surface area is 104 Å². The molecule has 0 aromatic carbocycles. The van der Waals surface area contributed by atoms with Crippen molar-refractivity contribution in [3.8, 4) is 0 Å². The average Bonchev–Trinajstić information content (AvgIpc) is 2.71. The fourth-order valence-electron chi connectivity index (χ4n) is 2.51. The van der Waals surface area contributed by atoms with Crippen LogP contribution >= 0.6 is 0 Å². The summed E-state index contributed by atoms with van der Waals surface area (Å²) in [6, 6.07) is 4.32. The number of aryl methyl sites for hydroxylation is 1. The molecule has 1 aromatic rings. The molecule has 2 rings (SSSR count). The molecular formula is C14H24N2O. The van der Waals surface area contributed by atoms with E-state index in [9.17, 15) is 0 Å². The van der Waals surface area contributed by atoms with Gasteiger partial charge in [-0.05, 0) is 37.8 Å². The van der Waals surface area contributed by atoms with E-state index in [1.807, 2.05) is 7.11 Å². The van der Waals surface area contributed by atoms with Crippen LogP contribution in [-0.2, 0) is 17.8 Å². The molecule has 1 aromatic heterocycles. The zero-order valence-electron chi connectivity index (χ0n) is 11.0. The fourth-order valence-corrected chi connectivity index (χ4v) is 2.51. The van der Waals surface area contributed by atoms with Crippen molar-refractivity contribution >= 4 is 0 Å². The first-order chi connectivity index (χ1) is 8.29. The van der Waals surface area contributed by atoms with Gasteiger partial charge in [0, 0.05) is 38.6 Å². The summed E-state index contributed by atoms with van der Waals surface area (Å²) in [5.41, 5.74) is 1.50. The van der Waals surface area contributed by atoms with Crippen molar-refractivity contribution in [2.75, 3.05) is 13.7 Å². The summed E-state index contributed by atoms with van der Waals surface area (Å²) in [5.74, 6) is 0. The monoisotopic (exact) mass is 236 g/mol. The molecule has 0 aliphatic heterocycles. The van der Waals surface area contributed by atoms with Crippen molar-refractivity contribution in [2.24, 2.45) is 0 Å². The van der Waals surface area contributed by atoms with E-state index in [-0.39, 0.29) is 5.60 Å². The predicted molar refractivity (Wildman–Crippen MR) is 70.0 cm³/mol. The Morgan fingerprint density at radius 2 is 2.29 bits per heavy atom. The van der Waals surface area contributed by atoms with Gasteiger partial charge in [-0.3, -0.25) is 0 Å². The molecule has 0 bridgehead atoms. The molecule has 17 heavy (non-hydrogen) atoms. The third-order valence-electron chi connectivity index (χ3n) is 3.84. The second kappa shape index (κ2) is 5.69. The molecule has 1 fully saturated rings. The van der Waals surface area contributed by atoms with E-state index in [2.05, 4.69) is 35.1 Å². The maximum atomic E-state index is 5.60. The van der Waals surface area contributed by atoms with Gasteiger partial charge in [0.05, 0.1) is 5.60 Å². The summed E-state index contributed by atoms with van der Waals surface area (Å²) in [4.78, 5) is 0. The highest BCUT2D eigenvalue weighted by Gasteiger charge is 2.36. The minimum atomic E-state index is 0.127. The second-order valence-corrected chi connectivity index (χ2v) is 5.04. The third-order valence-corrected chi connectivity index (χ3v) is 3.84. The highest BCUT2D eigenvalue weighted by atomic mass is 16.5. The van der Waals surface area contributed by atoms with Crippen molar-refractivity contribution in [3.63, 3.8) is 0 Å². The van der Waals surface area contributed by atoms with Gasteiger partial charge in [0.25, 0.3) is 0 Å². The lowest BCUT2D eigenvalue weighted by molar-refractivity contribution is -0.0696. The molecule has 3 nitrogen and oxygen atoms in total. The number of ether oxygens (including phenoxy) is 1. The van der Waals surface area contributed by atoms with Crippen molar-refractivity contribution in [2.45, 2.75) is 51.3 Å². The largest absolute Gasteiger partial charge is 0.377 e. The number of hydrogen-bond donors (Lipinski definition) is 1. The molecular weight excluding hydrogens is 212 g/mol. The third kappa shape index (κ3) is 2.90. The van der Waals surface area contributed by atoms with Gasteiger partial charge in [-0.1, -0.05) is 6.92 Å². The van der Waals surface area contributed by atoms with Crippen LogP contribution in [-0.4, -0.2) is 23.8 Å². The molecule has 1 aliphatic rings. The van der Waals surface area contributed by atoms with E-state index < -0.39 is 0 Å². The maximum absolute atomic E-state index is 5.60. The van der Waals surface area contributed by atoms with E-state index in [1.54, 1.807) is 0 Å². The van der Waals surface area contributed by atoms with Crippen LogP contribution in [0.1, 0.15) is 38.3 Å². The Bertz CT molecular complexity index is 336. The first kappa shape index (κ1) is 12.7. The summed E-state index contributed by atoms with van der Waals surface area (Å²) in [5, 5.41) is 3.53. The molecule has 1 saturated carbocycles. The van der Waals surface area contributed by atoms with E-state index in [0.717, 1.165) is 19.6 Å². The van der Waals surface area contributed by atoms with Crippen molar-refractivity contribution in [1.29, 1.82) is 0 Å². The summed E-state index contributed by atoms with van der Waals surface area (Å²) in [7, 11) is 1.83. The smallest absolute Gasteiger partial charge is 0.0802 e. The molecule has 0 spiro atoms. The Kier molecular flexibility index (Phi) is 4.24. The minimum absolute atomic E-state index is 0.127.